The Balaban J connectivity index is 2.51. The van der Waals surface area contributed by atoms with E-state index in [0.29, 0.717) is 17.9 Å². The van der Waals surface area contributed by atoms with Gasteiger partial charge in [-0.15, -0.1) is 0 Å². The molecule has 0 saturated heterocycles. The third-order valence-electron chi connectivity index (χ3n) is 2.92. The van der Waals surface area contributed by atoms with Crippen LogP contribution in [0.15, 0.2) is 24.3 Å². The molecular formula is C14H20F3NO2S. The summed E-state index contributed by atoms with van der Waals surface area (Å²) in [5.41, 5.74) is -1.23. The molecule has 2 atom stereocenters. The molecule has 0 radical (unpaired) electrons. The summed E-state index contributed by atoms with van der Waals surface area (Å²) in [6.45, 7) is 2.14. The normalized spacial score (nSPS) is 16.5. The lowest BCUT2D eigenvalue weighted by atomic mass is 10.1. The van der Waals surface area contributed by atoms with Crippen molar-refractivity contribution in [3.05, 3.63) is 35.4 Å². The Bertz CT molecular complexity index is 435. The molecule has 21 heavy (non-hydrogen) atoms. The van der Waals surface area contributed by atoms with Gasteiger partial charge in [-0.3, -0.25) is 0 Å². The van der Waals surface area contributed by atoms with Crippen molar-refractivity contribution in [2.24, 2.45) is 0 Å². The number of halogens is 3. The summed E-state index contributed by atoms with van der Waals surface area (Å²) in [5.74, 6) is 0.552. The van der Waals surface area contributed by atoms with Gasteiger partial charge in [0.15, 0.2) is 0 Å². The van der Waals surface area contributed by atoms with E-state index in [0.717, 1.165) is 12.1 Å². The number of nitrogens with one attached hydrogen (secondary N) is 1. The monoisotopic (exact) mass is 323 g/mol. The van der Waals surface area contributed by atoms with Crippen molar-refractivity contribution in [3.63, 3.8) is 0 Å². The summed E-state index contributed by atoms with van der Waals surface area (Å²) < 4.78 is 37.3. The van der Waals surface area contributed by atoms with Gasteiger partial charge in [-0.2, -0.15) is 24.9 Å². The standard InChI is InChI=1S/C14H20F3NO2S/c1-13(20,9-21-2)8-18-7-12(19)10-3-5-11(6-4-10)14(15,16)17/h3-6,12,18-20H,7-9H2,1-2H3. The Morgan fingerprint density at radius 1 is 1.24 bits per heavy atom. The maximum absolute atomic E-state index is 12.4. The van der Waals surface area contributed by atoms with Gasteiger partial charge in [-0.1, -0.05) is 12.1 Å². The highest BCUT2D eigenvalue weighted by Gasteiger charge is 2.30. The molecule has 0 aliphatic heterocycles. The largest absolute Gasteiger partial charge is 0.416 e. The molecule has 0 amide bonds. The molecule has 0 aliphatic carbocycles. The number of rotatable bonds is 7. The van der Waals surface area contributed by atoms with E-state index in [-0.39, 0.29) is 6.54 Å². The summed E-state index contributed by atoms with van der Waals surface area (Å²) in [7, 11) is 0. The van der Waals surface area contributed by atoms with Crippen molar-refractivity contribution >= 4 is 11.8 Å². The van der Waals surface area contributed by atoms with E-state index in [4.69, 9.17) is 0 Å². The van der Waals surface area contributed by atoms with Crippen LogP contribution < -0.4 is 5.32 Å². The van der Waals surface area contributed by atoms with Gasteiger partial charge in [0.05, 0.1) is 17.3 Å². The van der Waals surface area contributed by atoms with Crippen molar-refractivity contribution in [1.82, 2.24) is 5.32 Å². The average molecular weight is 323 g/mol. The summed E-state index contributed by atoms with van der Waals surface area (Å²) in [4.78, 5) is 0. The van der Waals surface area contributed by atoms with Gasteiger partial charge in [0, 0.05) is 18.8 Å². The molecule has 0 aliphatic rings. The van der Waals surface area contributed by atoms with Crippen molar-refractivity contribution in [3.8, 4) is 0 Å². The second-order valence-corrected chi connectivity index (χ2v) is 6.06. The van der Waals surface area contributed by atoms with Crippen molar-refractivity contribution in [2.45, 2.75) is 24.8 Å². The lowest BCUT2D eigenvalue weighted by Crippen LogP contribution is -2.41. The molecule has 0 saturated carbocycles. The number of hydrogen-bond donors (Lipinski definition) is 3. The van der Waals surface area contributed by atoms with Gasteiger partial charge in [0.1, 0.15) is 0 Å². The smallest absolute Gasteiger partial charge is 0.388 e. The second-order valence-electron chi connectivity index (χ2n) is 5.20. The van der Waals surface area contributed by atoms with Gasteiger partial charge in [-0.05, 0) is 30.9 Å². The molecule has 3 nitrogen and oxygen atoms in total. The van der Waals surface area contributed by atoms with Crippen LogP contribution >= 0.6 is 11.8 Å². The quantitative estimate of drug-likeness (QED) is 0.721. The third-order valence-corrected chi connectivity index (χ3v) is 3.83. The van der Waals surface area contributed by atoms with Crippen LogP contribution in [-0.2, 0) is 6.18 Å². The molecule has 0 bridgehead atoms. The highest BCUT2D eigenvalue weighted by atomic mass is 32.2. The van der Waals surface area contributed by atoms with Crippen LogP contribution in [0.3, 0.4) is 0 Å². The first-order chi connectivity index (χ1) is 9.65. The Morgan fingerprint density at radius 3 is 2.29 bits per heavy atom. The number of aliphatic hydroxyl groups is 2. The Labute approximate surface area is 126 Å². The third kappa shape index (κ3) is 6.25. The molecule has 120 valence electrons. The van der Waals surface area contributed by atoms with E-state index in [9.17, 15) is 23.4 Å². The zero-order valence-electron chi connectivity index (χ0n) is 11.9. The summed E-state index contributed by atoms with van der Waals surface area (Å²) in [6, 6.07) is 4.41. The van der Waals surface area contributed by atoms with Crippen LogP contribution in [0.25, 0.3) is 0 Å². The van der Waals surface area contributed by atoms with Crippen LogP contribution in [0.1, 0.15) is 24.2 Å². The zero-order chi connectivity index (χ0) is 16.1. The molecule has 7 heteroatoms. The van der Waals surface area contributed by atoms with Gasteiger partial charge >= 0.3 is 6.18 Å². The first kappa shape index (κ1) is 18.3. The van der Waals surface area contributed by atoms with E-state index in [1.165, 1.54) is 23.9 Å². The fourth-order valence-corrected chi connectivity index (χ4v) is 2.58. The average Bonchev–Trinajstić information content (AvgIpc) is 2.37. The number of aliphatic hydroxyl groups excluding tert-OH is 1. The molecule has 1 rings (SSSR count). The van der Waals surface area contributed by atoms with Gasteiger partial charge in [0.2, 0.25) is 0 Å². The highest BCUT2D eigenvalue weighted by molar-refractivity contribution is 7.98. The van der Waals surface area contributed by atoms with Gasteiger partial charge < -0.3 is 15.5 Å². The van der Waals surface area contributed by atoms with E-state index < -0.39 is 23.4 Å². The minimum absolute atomic E-state index is 0.163. The van der Waals surface area contributed by atoms with Crippen LogP contribution in [0, 0.1) is 0 Å². The Kier molecular flexibility index (Phi) is 6.52. The van der Waals surface area contributed by atoms with Crippen LogP contribution in [-0.4, -0.2) is 40.9 Å². The molecule has 1 aromatic carbocycles. The molecule has 2 unspecified atom stereocenters. The number of benzene rings is 1. The summed E-state index contributed by atoms with van der Waals surface area (Å²) >= 11 is 1.51. The molecule has 3 N–H and O–H groups in total. The highest BCUT2D eigenvalue weighted by Crippen LogP contribution is 2.29. The van der Waals surface area contributed by atoms with Crippen LogP contribution in [0.2, 0.25) is 0 Å². The molecule has 0 fully saturated rings. The van der Waals surface area contributed by atoms with E-state index >= 15 is 0 Å². The molecular weight excluding hydrogens is 303 g/mol. The fourth-order valence-electron chi connectivity index (χ4n) is 1.85. The van der Waals surface area contributed by atoms with Crippen LogP contribution in [0.5, 0.6) is 0 Å². The lowest BCUT2D eigenvalue weighted by molar-refractivity contribution is -0.137. The second kappa shape index (κ2) is 7.49. The number of thioether (sulfide) groups is 1. The summed E-state index contributed by atoms with van der Waals surface area (Å²) in [6.07, 6.45) is -3.42. The van der Waals surface area contributed by atoms with Crippen molar-refractivity contribution < 1.29 is 23.4 Å². The SMILES string of the molecule is CSCC(C)(O)CNCC(O)c1ccc(C(F)(F)F)cc1. The maximum atomic E-state index is 12.4. The van der Waals surface area contributed by atoms with Crippen molar-refractivity contribution in [1.29, 1.82) is 0 Å². The minimum atomic E-state index is -4.38. The zero-order valence-corrected chi connectivity index (χ0v) is 12.8. The fraction of sp³-hybridized carbons (Fsp3) is 0.571. The van der Waals surface area contributed by atoms with Crippen LogP contribution in [0.4, 0.5) is 13.2 Å². The topological polar surface area (TPSA) is 52.5 Å². The first-order valence-corrected chi connectivity index (χ1v) is 7.82. The molecule has 0 heterocycles. The van der Waals surface area contributed by atoms with E-state index in [1.54, 1.807) is 6.92 Å². The summed E-state index contributed by atoms with van der Waals surface area (Å²) in [5, 5.41) is 22.8. The van der Waals surface area contributed by atoms with E-state index in [2.05, 4.69) is 5.32 Å². The maximum Gasteiger partial charge on any atom is 0.416 e. The minimum Gasteiger partial charge on any atom is -0.388 e. The molecule has 1 aromatic rings. The predicted octanol–water partition coefficient (Wildman–Crippen LogP) is 2.44. The van der Waals surface area contributed by atoms with Gasteiger partial charge in [0.25, 0.3) is 0 Å². The van der Waals surface area contributed by atoms with Crippen molar-refractivity contribution in [2.75, 3.05) is 25.1 Å². The molecule has 0 aromatic heterocycles. The van der Waals surface area contributed by atoms with Gasteiger partial charge in [-0.25, -0.2) is 0 Å². The predicted molar refractivity (Wildman–Crippen MR) is 78.3 cm³/mol. The Hall–Kier alpha value is -0.760. The van der Waals surface area contributed by atoms with E-state index in [1.807, 2.05) is 6.26 Å². The Morgan fingerprint density at radius 2 is 1.81 bits per heavy atom. The lowest BCUT2D eigenvalue weighted by Gasteiger charge is -2.23. The first-order valence-electron chi connectivity index (χ1n) is 6.43. The molecule has 0 spiro atoms. The number of hydrogen-bond acceptors (Lipinski definition) is 4. The number of alkyl halides is 3.